The zero-order chi connectivity index (χ0) is 30.3. The summed E-state index contributed by atoms with van der Waals surface area (Å²) < 4.78 is 5.51. The summed E-state index contributed by atoms with van der Waals surface area (Å²) in [4.78, 5) is 32.1. The van der Waals surface area contributed by atoms with Crippen LogP contribution in [0.25, 0.3) is 0 Å². The summed E-state index contributed by atoms with van der Waals surface area (Å²) in [6.45, 7) is 6.10. The summed E-state index contributed by atoms with van der Waals surface area (Å²) in [7, 11) is 1.69. The van der Waals surface area contributed by atoms with Gasteiger partial charge in [0.1, 0.15) is 11.8 Å². The number of nitrogens with one attached hydrogen (secondary N) is 1. The number of hydrogen-bond donors (Lipinski definition) is 2. The van der Waals surface area contributed by atoms with Gasteiger partial charge in [0.15, 0.2) is 0 Å². The molecule has 0 aromatic heterocycles. The molecule has 7 nitrogen and oxygen atoms in total. The number of methoxy groups -OCH3 is 1. The molecule has 1 aliphatic carbocycles. The molecule has 0 radical (unpaired) electrons. The molecule has 1 saturated heterocycles. The van der Waals surface area contributed by atoms with E-state index < -0.39 is 6.04 Å². The molecule has 2 aliphatic rings. The third kappa shape index (κ3) is 8.03. The molecule has 3 aromatic rings. The first kappa shape index (κ1) is 30.8. The van der Waals surface area contributed by atoms with Gasteiger partial charge in [0, 0.05) is 43.3 Å². The van der Waals surface area contributed by atoms with Gasteiger partial charge in [-0.05, 0) is 87.8 Å². The second kappa shape index (κ2) is 14.2. The topological polar surface area (TPSA) is 87.9 Å². The van der Waals surface area contributed by atoms with Crippen molar-refractivity contribution < 1.29 is 14.3 Å². The number of carbonyl (C=O) groups is 2. The van der Waals surface area contributed by atoms with Crippen LogP contribution in [-0.4, -0.2) is 59.4 Å². The molecular weight excluding hydrogens is 536 g/mol. The van der Waals surface area contributed by atoms with Crippen LogP contribution in [0.3, 0.4) is 0 Å². The van der Waals surface area contributed by atoms with Crippen molar-refractivity contribution in [3.05, 3.63) is 101 Å². The highest BCUT2D eigenvalue weighted by Crippen LogP contribution is 2.29. The Bertz CT molecular complexity index is 1370. The Morgan fingerprint density at radius 3 is 2.21 bits per heavy atom. The van der Waals surface area contributed by atoms with Crippen LogP contribution in [0.15, 0.2) is 72.8 Å². The number of ether oxygens (including phenoxy) is 1. The minimum atomic E-state index is -0.547. The van der Waals surface area contributed by atoms with E-state index in [1.165, 1.54) is 11.1 Å². The third-order valence-corrected chi connectivity index (χ3v) is 9.10. The van der Waals surface area contributed by atoms with Gasteiger partial charge in [0.25, 0.3) is 5.91 Å². The van der Waals surface area contributed by atoms with Crippen molar-refractivity contribution in [1.29, 1.82) is 0 Å². The Labute approximate surface area is 256 Å². The van der Waals surface area contributed by atoms with Crippen LogP contribution in [0.1, 0.15) is 71.1 Å². The number of benzene rings is 3. The van der Waals surface area contributed by atoms with Crippen LogP contribution in [0.5, 0.6) is 5.75 Å². The van der Waals surface area contributed by atoms with E-state index in [-0.39, 0.29) is 29.9 Å². The van der Waals surface area contributed by atoms with Gasteiger partial charge in [0.05, 0.1) is 7.11 Å². The van der Waals surface area contributed by atoms with Gasteiger partial charge >= 0.3 is 0 Å². The molecule has 1 aliphatic heterocycles. The zero-order valence-corrected chi connectivity index (χ0v) is 25.8. The van der Waals surface area contributed by atoms with E-state index in [1.807, 2.05) is 43.3 Å². The fraction of sp³-hybridized carbons (Fsp3) is 0.444. The van der Waals surface area contributed by atoms with E-state index in [1.54, 1.807) is 12.0 Å². The molecule has 2 fully saturated rings. The number of nitrogens with two attached hydrogens (primary N) is 1. The zero-order valence-electron chi connectivity index (χ0n) is 25.8. The number of hydrogen-bond acceptors (Lipinski definition) is 5. The van der Waals surface area contributed by atoms with Gasteiger partial charge in [-0.3, -0.25) is 14.5 Å². The van der Waals surface area contributed by atoms with Gasteiger partial charge in [0.2, 0.25) is 5.91 Å². The van der Waals surface area contributed by atoms with E-state index in [2.05, 4.69) is 53.5 Å². The maximum atomic E-state index is 14.0. The maximum absolute atomic E-state index is 14.0. The highest BCUT2D eigenvalue weighted by atomic mass is 16.5. The number of likely N-dealkylation sites (tertiary alicyclic amines) is 1. The molecule has 3 N–H and O–H groups in total. The molecule has 5 rings (SSSR count). The molecule has 3 aromatic carbocycles. The molecule has 228 valence electrons. The van der Waals surface area contributed by atoms with Crippen molar-refractivity contribution in [2.75, 3.05) is 13.7 Å². The summed E-state index contributed by atoms with van der Waals surface area (Å²) in [5, 5.41) is 3.31. The summed E-state index contributed by atoms with van der Waals surface area (Å²) in [5.74, 6) is 0.695. The van der Waals surface area contributed by atoms with E-state index in [0.717, 1.165) is 62.1 Å². The van der Waals surface area contributed by atoms with Crippen LogP contribution in [0.2, 0.25) is 0 Å². The van der Waals surface area contributed by atoms with Crippen molar-refractivity contribution in [3.63, 3.8) is 0 Å². The van der Waals surface area contributed by atoms with Gasteiger partial charge in [-0.2, -0.15) is 0 Å². The Kier molecular flexibility index (Phi) is 10.2. The largest absolute Gasteiger partial charge is 0.497 e. The lowest BCUT2D eigenvalue weighted by Crippen LogP contribution is -2.58. The molecule has 2 amide bonds. The van der Waals surface area contributed by atoms with Crippen molar-refractivity contribution in [1.82, 2.24) is 15.1 Å². The van der Waals surface area contributed by atoms with Crippen LogP contribution >= 0.6 is 0 Å². The first-order valence-electron chi connectivity index (χ1n) is 15.6. The molecule has 7 heteroatoms. The predicted molar refractivity (Wildman–Crippen MR) is 171 cm³/mol. The number of amides is 2. The minimum Gasteiger partial charge on any atom is -0.497 e. The lowest BCUT2D eigenvalue weighted by atomic mass is 9.90. The van der Waals surface area contributed by atoms with Crippen LogP contribution in [0.4, 0.5) is 0 Å². The van der Waals surface area contributed by atoms with Crippen molar-refractivity contribution in [2.45, 2.75) is 89.6 Å². The lowest BCUT2D eigenvalue weighted by Gasteiger charge is -2.43. The number of nitrogens with zero attached hydrogens (tertiary/aromatic N) is 2. The highest BCUT2D eigenvalue weighted by Gasteiger charge is 2.39. The quantitative estimate of drug-likeness (QED) is 0.354. The maximum Gasteiger partial charge on any atom is 0.254 e. The molecule has 43 heavy (non-hydrogen) atoms. The van der Waals surface area contributed by atoms with Gasteiger partial charge in [-0.15, -0.1) is 0 Å². The normalized spacial score (nSPS) is 22.3. The monoisotopic (exact) mass is 582 g/mol. The van der Waals surface area contributed by atoms with Gasteiger partial charge < -0.3 is 20.7 Å². The SMILES string of the molecule is COc1cccc(CN(Cc2ccc(C)cc2)C2CCN(C(=O)c3ccc(C)cc3)[C@@H](C(=O)NC3CCC(N)CC3)C2)c1. The first-order chi connectivity index (χ1) is 20.8. The van der Waals surface area contributed by atoms with Crippen LogP contribution in [-0.2, 0) is 17.9 Å². The number of rotatable bonds is 9. The van der Waals surface area contributed by atoms with Crippen molar-refractivity contribution >= 4 is 11.8 Å². The summed E-state index contributed by atoms with van der Waals surface area (Å²) in [6, 6.07) is 24.4. The van der Waals surface area contributed by atoms with Gasteiger partial charge in [-0.1, -0.05) is 59.7 Å². The number of piperidine rings is 1. The van der Waals surface area contributed by atoms with E-state index >= 15 is 0 Å². The third-order valence-electron chi connectivity index (χ3n) is 9.10. The fourth-order valence-corrected chi connectivity index (χ4v) is 6.44. The Morgan fingerprint density at radius 2 is 1.53 bits per heavy atom. The predicted octanol–water partition coefficient (Wildman–Crippen LogP) is 5.37. The average molecular weight is 583 g/mol. The van der Waals surface area contributed by atoms with Crippen molar-refractivity contribution in [2.24, 2.45) is 5.73 Å². The van der Waals surface area contributed by atoms with E-state index in [0.29, 0.717) is 18.5 Å². The number of aryl methyl sites for hydroxylation is 2. The second-order valence-corrected chi connectivity index (χ2v) is 12.4. The van der Waals surface area contributed by atoms with Crippen molar-refractivity contribution in [3.8, 4) is 5.75 Å². The Morgan fingerprint density at radius 1 is 0.884 bits per heavy atom. The standard InChI is InChI=1S/C36H46N4O3/c1-25-7-11-27(12-8-25)23-39(24-28-5-4-6-33(21-28)43-3)32-19-20-40(36(42)29-13-9-26(2)10-14-29)34(22-32)35(41)38-31-17-15-30(37)16-18-31/h4-14,21,30-32,34H,15-20,22-24,37H2,1-3H3,(H,38,41)/t30?,31?,32?,34-/m1/s1. The molecule has 1 unspecified atom stereocenters. The Balaban J connectivity index is 1.41. The number of carbonyl (C=O) groups excluding carboxylic acids is 2. The summed E-state index contributed by atoms with van der Waals surface area (Å²) in [6.07, 6.45) is 4.94. The second-order valence-electron chi connectivity index (χ2n) is 12.4. The lowest BCUT2D eigenvalue weighted by molar-refractivity contribution is -0.128. The van der Waals surface area contributed by atoms with Gasteiger partial charge in [-0.25, -0.2) is 0 Å². The molecule has 0 bridgehead atoms. The molecular formula is C36H46N4O3. The first-order valence-corrected chi connectivity index (χ1v) is 15.6. The molecule has 0 spiro atoms. The Hall–Kier alpha value is -3.68. The molecule has 1 saturated carbocycles. The highest BCUT2D eigenvalue weighted by molar-refractivity contribution is 5.97. The van der Waals surface area contributed by atoms with E-state index in [9.17, 15) is 9.59 Å². The summed E-state index contributed by atoms with van der Waals surface area (Å²) in [5.41, 5.74) is 11.5. The molecule has 2 atom stereocenters. The summed E-state index contributed by atoms with van der Waals surface area (Å²) >= 11 is 0. The van der Waals surface area contributed by atoms with Crippen LogP contribution < -0.4 is 15.8 Å². The molecule has 1 heterocycles. The fourth-order valence-electron chi connectivity index (χ4n) is 6.44. The van der Waals surface area contributed by atoms with E-state index in [4.69, 9.17) is 10.5 Å². The minimum absolute atomic E-state index is 0.0534. The van der Waals surface area contributed by atoms with Crippen LogP contribution in [0, 0.1) is 13.8 Å². The average Bonchev–Trinajstić information content (AvgIpc) is 3.02. The smallest absolute Gasteiger partial charge is 0.254 e.